The first kappa shape index (κ1) is 13.0. The van der Waals surface area contributed by atoms with E-state index in [2.05, 4.69) is 10.4 Å². The van der Waals surface area contributed by atoms with Gasteiger partial charge in [0.25, 0.3) is 5.56 Å². The Hall–Kier alpha value is -2.01. The summed E-state index contributed by atoms with van der Waals surface area (Å²) in [6, 6.07) is 6.24. The van der Waals surface area contributed by atoms with Gasteiger partial charge in [0.1, 0.15) is 5.82 Å². The fraction of sp³-hybridized carbons (Fsp3) is 0.333. The fourth-order valence-corrected chi connectivity index (χ4v) is 2.44. The Balaban J connectivity index is 1.98. The molecule has 0 aliphatic carbocycles. The van der Waals surface area contributed by atoms with Gasteiger partial charge in [-0.3, -0.25) is 4.79 Å². The van der Waals surface area contributed by atoms with Gasteiger partial charge < -0.3 is 5.32 Å². The Morgan fingerprint density at radius 2 is 2.25 bits per heavy atom. The molecule has 4 nitrogen and oxygen atoms in total. The largest absolute Gasteiger partial charge is 0.312 e. The van der Waals surface area contributed by atoms with Crippen LogP contribution in [0.3, 0.4) is 0 Å². The van der Waals surface area contributed by atoms with Crippen molar-refractivity contribution >= 4 is 0 Å². The number of rotatable bonds is 2. The number of hydrogen-bond donors (Lipinski definition) is 1. The summed E-state index contributed by atoms with van der Waals surface area (Å²) in [5, 5.41) is 7.64. The molecule has 0 spiro atoms. The number of hydrogen-bond acceptors (Lipinski definition) is 3. The SMILES string of the molecule is Cc1ccc(F)cc1Cn1nc2c(cc1=O)CNCC2. The van der Waals surface area contributed by atoms with Crippen molar-refractivity contribution in [1.29, 1.82) is 0 Å². The topological polar surface area (TPSA) is 46.9 Å². The Labute approximate surface area is 116 Å². The summed E-state index contributed by atoms with van der Waals surface area (Å²) in [6.07, 6.45) is 0.817. The molecule has 104 valence electrons. The van der Waals surface area contributed by atoms with E-state index in [4.69, 9.17) is 0 Å². The molecule has 5 heteroatoms. The Morgan fingerprint density at radius 3 is 3.10 bits per heavy atom. The highest BCUT2D eigenvalue weighted by Crippen LogP contribution is 2.12. The molecular weight excluding hydrogens is 257 g/mol. The molecule has 0 unspecified atom stereocenters. The summed E-state index contributed by atoms with van der Waals surface area (Å²) in [4.78, 5) is 12.1. The number of fused-ring (bicyclic) bond motifs is 1. The minimum atomic E-state index is -0.291. The highest BCUT2D eigenvalue weighted by Gasteiger charge is 2.13. The van der Waals surface area contributed by atoms with Gasteiger partial charge in [0.05, 0.1) is 12.2 Å². The maximum Gasteiger partial charge on any atom is 0.267 e. The fourth-order valence-electron chi connectivity index (χ4n) is 2.44. The lowest BCUT2D eigenvalue weighted by Gasteiger charge is -2.17. The number of nitrogens with zero attached hydrogens (tertiary/aromatic N) is 2. The van der Waals surface area contributed by atoms with Crippen LogP contribution >= 0.6 is 0 Å². The zero-order valence-corrected chi connectivity index (χ0v) is 11.3. The molecular formula is C15H16FN3O. The molecule has 1 aliphatic rings. The first-order valence-corrected chi connectivity index (χ1v) is 6.69. The van der Waals surface area contributed by atoms with Gasteiger partial charge in [-0.05, 0) is 35.7 Å². The van der Waals surface area contributed by atoms with Crippen molar-refractivity contribution in [1.82, 2.24) is 15.1 Å². The van der Waals surface area contributed by atoms with Crippen LogP contribution in [0.25, 0.3) is 0 Å². The quantitative estimate of drug-likeness (QED) is 0.899. The molecule has 1 aromatic carbocycles. The van der Waals surface area contributed by atoms with Crippen LogP contribution in [-0.4, -0.2) is 16.3 Å². The van der Waals surface area contributed by atoms with E-state index in [1.807, 2.05) is 6.92 Å². The number of benzene rings is 1. The van der Waals surface area contributed by atoms with Crippen molar-refractivity contribution in [2.75, 3.05) is 6.54 Å². The smallest absolute Gasteiger partial charge is 0.267 e. The van der Waals surface area contributed by atoms with E-state index in [-0.39, 0.29) is 11.4 Å². The number of aryl methyl sites for hydroxylation is 1. The van der Waals surface area contributed by atoms with Crippen LogP contribution in [0.5, 0.6) is 0 Å². The predicted octanol–water partition coefficient (Wildman–Crippen LogP) is 1.38. The van der Waals surface area contributed by atoms with Gasteiger partial charge in [0.15, 0.2) is 0 Å². The first-order chi connectivity index (χ1) is 9.63. The molecule has 1 aliphatic heterocycles. The van der Waals surface area contributed by atoms with Gasteiger partial charge >= 0.3 is 0 Å². The van der Waals surface area contributed by atoms with E-state index in [1.165, 1.54) is 16.8 Å². The predicted molar refractivity (Wildman–Crippen MR) is 74.1 cm³/mol. The lowest BCUT2D eigenvalue weighted by Crippen LogP contribution is -2.32. The number of halogens is 1. The van der Waals surface area contributed by atoms with Gasteiger partial charge in [0, 0.05) is 25.6 Å². The van der Waals surface area contributed by atoms with Crippen molar-refractivity contribution < 1.29 is 4.39 Å². The van der Waals surface area contributed by atoms with E-state index in [0.29, 0.717) is 13.1 Å². The maximum atomic E-state index is 13.3. The highest BCUT2D eigenvalue weighted by atomic mass is 19.1. The van der Waals surface area contributed by atoms with Gasteiger partial charge in [-0.25, -0.2) is 9.07 Å². The minimum Gasteiger partial charge on any atom is -0.312 e. The van der Waals surface area contributed by atoms with E-state index >= 15 is 0 Å². The normalized spacial score (nSPS) is 14.1. The lowest BCUT2D eigenvalue weighted by molar-refractivity contribution is 0.559. The van der Waals surface area contributed by atoms with Gasteiger partial charge in [-0.1, -0.05) is 6.07 Å². The Kier molecular flexibility index (Phi) is 3.36. The third-order valence-electron chi connectivity index (χ3n) is 3.65. The van der Waals surface area contributed by atoms with E-state index in [9.17, 15) is 9.18 Å². The molecule has 3 rings (SSSR count). The first-order valence-electron chi connectivity index (χ1n) is 6.69. The van der Waals surface area contributed by atoms with Crippen LogP contribution in [0.4, 0.5) is 4.39 Å². The zero-order chi connectivity index (χ0) is 14.1. The van der Waals surface area contributed by atoms with Crippen LogP contribution in [0.1, 0.15) is 22.4 Å². The number of aromatic nitrogens is 2. The zero-order valence-electron chi connectivity index (χ0n) is 11.3. The molecule has 1 N–H and O–H groups in total. The van der Waals surface area contributed by atoms with Crippen molar-refractivity contribution in [3.63, 3.8) is 0 Å². The summed E-state index contributed by atoms with van der Waals surface area (Å²) >= 11 is 0. The standard InChI is InChI=1S/C15H16FN3O/c1-10-2-3-13(16)6-12(10)9-19-15(20)7-11-8-17-5-4-14(11)18-19/h2-3,6-7,17H,4-5,8-9H2,1H3. The molecule has 0 radical (unpaired) electrons. The van der Waals surface area contributed by atoms with Crippen LogP contribution in [0.15, 0.2) is 29.1 Å². The second-order valence-corrected chi connectivity index (χ2v) is 5.11. The second-order valence-electron chi connectivity index (χ2n) is 5.11. The molecule has 1 aromatic heterocycles. The summed E-state index contributed by atoms with van der Waals surface area (Å²) < 4.78 is 14.7. The maximum absolute atomic E-state index is 13.3. The molecule has 20 heavy (non-hydrogen) atoms. The molecule has 2 aromatic rings. The molecule has 0 fully saturated rings. The second kappa shape index (κ2) is 5.17. The summed E-state index contributed by atoms with van der Waals surface area (Å²) in [5.41, 5.74) is 3.52. The van der Waals surface area contributed by atoms with Crippen LogP contribution in [0.2, 0.25) is 0 Å². The van der Waals surface area contributed by atoms with E-state index in [0.717, 1.165) is 35.3 Å². The summed E-state index contributed by atoms with van der Waals surface area (Å²) in [5.74, 6) is -0.291. The molecule has 2 heterocycles. The van der Waals surface area contributed by atoms with Crippen molar-refractivity contribution in [2.45, 2.75) is 26.4 Å². The Morgan fingerprint density at radius 1 is 1.40 bits per heavy atom. The molecule has 0 saturated heterocycles. The van der Waals surface area contributed by atoms with Crippen LogP contribution in [0, 0.1) is 12.7 Å². The van der Waals surface area contributed by atoms with Crippen molar-refractivity contribution in [3.05, 3.63) is 62.8 Å². The summed E-state index contributed by atoms with van der Waals surface area (Å²) in [7, 11) is 0. The average molecular weight is 273 g/mol. The van der Waals surface area contributed by atoms with Crippen molar-refractivity contribution in [3.8, 4) is 0 Å². The molecule has 0 bridgehead atoms. The van der Waals surface area contributed by atoms with Crippen LogP contribution < -0.4 is 10.9 Å². The third kappa shape index (κ3) is 2.49. The van der Waals surface area contributed by atoms with E-state index < -0.39 is 0 Å². The monoisotopic (exact) mass is 273 g/mol. The van der Waals surface area contributed by atoms with Gasteiger partial charge in [-0.2, -0.15) is 5.10 Å². The number of nitrogens with one attached hydrogen (secondary N) is 1. The average Bonchev–Trinajstić information content (AvgIpc) is 2.43. The minimum absolute atomic E-state index is 0.142. The molecule has 0 saturated carbocycles. The van der Waals surface area contributed by atoms with E-state index in [1.54, 1.807) is 12.1 Å². The van der Waals surface area contributed by atoms with Crippen molar-refractivity contribution in [2.24, 2.45) is 0 Å². The van der Waals surface area contributed by atoms with Crippen LogP contribution in [-0.2, 0) is 19.5 Å². The molecule has 0 atom stereocenters. The van der Waals surface area contributed by atoms with Gasteiger partial charge in [0.2, 0.25) is 0 Å². The van der Waals surface area contributed by atoms with Gasteiger partial charge in [-0.15, -0.1) is 0 Å². The summed E-state index contributed by atoms with van der Waals surface area (Å²) in [6.45, 7) is 3.78. The molecule has 0 amide bonds. The third-order valence-corrected chi connectivity index (χ3v) is 3.65. The highest BCUT2D eigenvalue weighted by molar-refractivity contribution is 5.27. The Bertz CT molecular complexity index is 709. The lowest BCUT2D eigenvalue weighted by atomic mass is 10.1.